The quantitative estimate of drug-likeness (QED) is 0.298. The van der Waals surface area contributed by atoms with Gasteiger partial charge in [-0.15, -0.1) is 11.8 Å². The number of fused-ring (bicyclic) bond motifs is 1. The molecule has 2 atom stereocenters. The summed E-state index contributed by atoms with van der Waals surface area (Å²) in [7, 11) is 0. The molecule has 2 aliphatic rings. The Balaban J connectivity index is 1.55. The maximum Gasteiger partial charge on any atom is 0.352 e. The largest absolute Gasteiger partial charge is 0.477 e. The molecule has 2 amide bonds. The van der Waals surface area contributed by atoms with E-state index in [9.17, 15) is 19.5 Å². The number of nitrogen functional groups attached to an aromatic ring is 1. The predicted molar refractivity (Wildman–Crippen MR) is 91.9 cm³/mol. The zero-order valence-corrected chi connectivity index (χ0v) is 14.5. The number of rotatable bonds is 7. The van der Waals surface area contributed by atoms with Crippen LogP contribution < -0.4 is 11.1 Å². The summed E-state index contributed by atoms with van der Waals surface area (Å²) in [5.41, 5.74) is 5.59. The van der Waals surface area contributed by atoms with E-state index >= 15 is 0 Å². The first-order valence-corrected chi connectivity index (χ1v) is 8.54. The number of carboxylic acids is 1. The standard InChI is InChI=1S/C14H14N6O6S/c1-2-6-5-27-12-9(11(22)20(12)10(6)13(23)24)18-8(21)3-16-25-4-7-17-14(15)26-19-7/h2-3,9,12H,1,4-5H2,(H,18,21)(H,23,24)(H2,15,17,19)/b16-3-/t9?,12-/m1/s1. The number of nitrogens with zero attached hydrogens (tertiary/aromatic N) is 4. The highest BCUT2D eigenvalue weighted by molar-refractivity contribution is 8.00. The van der Waals surface area contributed by atoms with Gasteiger partial charge in [-0.3, -0.25) is 14.5 Å². The first-order valence-electron chi connectivity index (χ1n) is 7.49. The molecule has 0 aliphatic carbocycles. The van der Waals surface area contributed by atoms with Crippen molar-refractivity contribution in [2.45, 2.75) is 18.0 Å². The summed E-state index contributed by atoms with van der Waals surface area (Å²) in [4.78, 5) is 45.2. The van der Waals surface area contributed by atoms with Crippen molar-refractivity contribution >= 4 is 41.8 Å². The first kappa shape index (κ1) is 18.4. The number of β-lactam (4-membered cyclic amide) rings is 1. The number of anilines is 1. The summed E-state index contributed by atoms with van der Waals surface area (Å²) in [6.45, 7) is 3.41. The van der Waals surface area contributed by atoms with Gasteiger partial charge in [0.15, 0.2) is 6.61 Å². The molecule has 1 aromatic heterocycles. The van der Waals surface area contributed by atoms with Gasteiger partial charge in [-0.25, -0.2) is 4.79 Å². The lowest BCUT2D eigenvalue weighted by atomic mass is 10.0. The van der Waals surface area contributed by atoms with Crippen LogP contribution in [0.15, 0.2) is 33.6 Å². The SMILES string of the molecule is C=CC1=C(C(=O)O)N2C(=O)C(NC(=O)/C=N\OCc3noc(N)n3)[C@H]2SC1. The lowest BCUT2D eigenvalue weighted by Crippen LogP contribution is -2.70. The number of carbonyl (C=O) groups excluding carboxylic acids is 2. The van der Waals surface area contributed by atoms with Crippen LogP contribution in [-0.4, -0.2) is 61.3 Å². The van der Waals surface area contributed by atoms with Crippen molar-refractivity contribution in [3.05, 3.63) is 29.7 Å². The molecular weight excluding hydrogens is 380 g/mol. The van der Waals surface area contributed by atoms with Gasteiger partial charge in [-0.1, -0.05) is 23.0 Å². The molecular formula is C14H14N6O6S. The highest BCUT2D eigenvalue weighted by Gasteiger charge is 2.53. The third-order valence-corrected chi connectivity index (χ3v) is 4.97. The van der Waals surface area contributed by atoms with Crippen molar-refractivity contribution in [1.29, 1.82) is 0 Å². The molecule has 13 heteroatoms. The number of nitrogens with one attached hydrogen (secondary N) is 1. The van der Waals surface area contributed by atoms with Gasteiger partial charge in [0.05, 0.1) is 0 Å². The van der Waals surface area contributed by atoms with Crippen LogP contribution >= 0.6 is 11.8 Å². The molecule has 12 nitrogen and oxygen atoms in total. The average molecular weight is 394 g/mol. The molecule has 1 aromatic rings. The summed E-state index contributed by atoms with van der Waals surface area (Å²) in [5, 5.41) is 18.2. The number of nitrogens with two attached hydrogens (primary N) is 1. The fourth-order valence-electron chi connectivity index (χ4n) is 2.50. The molecule has 1 unspecified atom stereocenters. The summed E-state index contributed by atoms with van der Waals surface area (Å²) >= 11 is 1.33. The molecule has 142 valence electrons. The summed E-state index contributed by atoms with van der Waals surface area (Å²) in [6.07, 6.45) is 2.25. The lowest BCUT2D eigenvalue weighted by molar-refractivity contribution is -0.150. The van der Waals surface area contributed by atoms with Crippen LogP contribution in [-0.2, 0) is 25.8 Å². The number of aliphatic carboxylic acids is 1. The number of oxime groups is 1. The lowest BCUT2D eigenvalue weighted by Gasteiger charge is -2.49. The highest BCUT2D eigenvalue weighted by atomic mass is 32.2. The number of carbonyl (C=O) groups is 3. The van der Waals surface area contributed by atoms with Crippen molar-refractivity contribution in [2.75, 3.05) is 11.5 Å². The third-order valence-electron chi connectivity index (χ3n) is 3.67. The molecule has 4 N–H and O–H groups in total. The number of hydrogen-bond donors (Lipinski definition) is 3. The smallest absolute Gasteiger partial charge is 0.352 e. The Hall–Kier alpha value is -3.35. The van der Waals surface area contributed by atoms with Crippen LogP contribution in [0.3, 0.4) is 0 Å². The monoisotopic (exact) mass is 394 g/mol. The van der Waals surface area contributed by atoms with Gasteiger partial charge >= 0.3 is 12.0 Å². The van der Waals surface area contributed by atoms with Crippen LogP contribution in [0.1, 0.15) is 5.82 Å². The van der Waals surface area contributed by atoms with Crippen molar-refractivity contribution in [3.63, 3.8) is 0 Å². The van der Waals surface area contributed by atoms with E-state index in [-0.39, 0.29) is 24.1 Å². The van der Waals surface area contributed by atoms with Gasteiger partial charge < -0.3 is 25.5 Å². The van der Waals surface area contributed by atoms with E-state index in [1.807, 2.05) is 0 Å². The van der Waals surface area contributed by atoms with E-state index in [4.69, 9.17) is 10.6 Å². The van der Waals surface area contributed by atoms with Crippen LogP contribution in [0.2, 0.25) is 0 Å². The van der Waals surface area contributed by atoms with E-state index in [0.29, 0.717) is 11.3 Å². The van der Waals surface area contributed by atoms with Crippen molar-refractivity contribution in [1.82, 2.24) is 20.4 Å². The summed E-state index contributed by atoms with van der Waals surface area (Å²) in [5.74, 6) is -1.88. The maximum absolute atomic E-state index is 12.3. The number of carboxylic acid groups (broad SMARTS) is 1. The first-order chi connectivity index (χ1) is 12.9. The molecule has 27 heavy (non-hydrogen) atoms. The molecule has 0 aromatic carbocycles. The molecule has 1 saturated heterocycles. The molecule has 0 spiro atoms. The van der Waals surface area contributed by atoms with Crippen molar-refractivity contribution in [2.24, 2.45) is 5.16 Å². The second kappa shape index (κ2) is 7.49. The number of thioether (sulfide) groups is 1. The topological polar surface area (TPSA) is 173 Å². The summed E-state index contributed by atoms with van der Waals surface area (Å²) in [6, 6.07) is -0.977. The highest BCUT2D eigenvalue weighted by Crippen LogP contribution is 2.40. The molecule has 2 aliphatic heterocycles. The Morgan fingerprint density at radius 2 is 2.37 bits per heavy atom. The van der Waals surface area contributed by atoms with E-state index in [2.05, 4.69) is 31.7 Å². The molecule has 0 bridgehead atoms. The van der Waals surface area contributed by atoms with Gasteiger partial charge in [-0.2, -0.15) is 4.98 Å². The second-order valence-corrected chi connectivity index (χ2v) is 6.44. The Morgan fingerprint density at radius 1 is 1.59 bits per heavy atom. The van der Waals surface area contributed by atoms with E-state index < -0.39 is 29.2 Å². The Labute approximate surface area is 156 Å². The maximum atomic E-state index is 12.3. The fraction of sp³-hybridized carbons (Fsp3) is 0.286. The van der Waals surface area contributed by atoms with Crippen LogP contribution in [0, 0.1) is 0 Å². The minimum atomic E-state index is -1.22. The molecule has 0 saturated carbocycles. The predicted octanol–water partition coefficient (Wildman–Crippen LogP) is -0.921. The second-order valence-electron chi connectivity index (χ2n) is 5.34. The molecule has 1 fully saturated rings. The minimum Gasteiger partial charge on any atom is -0.477 e. The number of aromatic nitrogens is 2. The zero-order valence-electron chi connectivity index (χ0n) is 13.7. The van der Waals surface area contributed by atoms with Gasteiger partial charge in [0.2, 0.25) is 5.82 Å². The fourth-order valence-corrected chi connectivity index (χ4v) is 3.84. The normalized spacial score (nSPS) is 21.6. The van der Waals surface area contributed by atoms with Gasteiger partial charge in [0.25, 0.3) is 11.8 Å². The Bertz CT molecular complexity index is 864. The number of allylic oxidation sites excluding steroid dienone is 1. The van der Waals surface area contributed by atoms with Crippen molar-refractivity contribution < 1.29 is 28.9 Å². The van der Waals surface area contributed by atoms with Gasteiger partial charge in [0, 0.05) is 5.75 Å². The average Bonchev–Trinajstić information content (AvgIpc) is 3.06. The minimum absolute atomic E-state index is 0.111. The third kappa shape index (κ3) is 3.62. The van der Waals surface area contributed by atoms with Crippen LogP contribution in [0.25, 0.3) is 0 Å². The van der Waals surface area contributed by atoms with Gasteiger partial charge in [-0.05, 0) is 5.57 Å². The van der Waals surface area contributed by atoms with E-state index in [0.717, 1.165) is 11.1 Å². The molecule has 3 heterocycles. The Kier molecular flexibility index (Phi) is 5.12. The zero-order chi connectivity index (χ0) is 19.6. The van der Waals surface area contributed by atoms with E-state index in [1.165, 1.54) is 17.8 Å². The number of hydrogen-bond acceptors (Lipinski definition) is 10. The van der Waals surface area contributed by atoms with Crippen LogP contribution in [0.5, 0.6) is 0 Å². The van der Waals surface area contributed by atoms with E-state index in [1.54, 1.807) is 0 Å². The van der Waals surface area contributed by atoms with Crippen molar-refractivity contribution in [3.8, 4) is 0 Å². The molecule has 3 rings (SSSR count). The van der Waals surface area contributed by atoms with Crippen LogP contribution in [0.4, 0.5) is 6.01 Å². The summed E-state index contributed by atoms with van der Waals surface area (Å²) < 4.78 is 4.53. The molecule has 0 radical (unpaired) electrons. The number of amides is 2. The van der Waals surface area contributed by atoms with Gasteiger partial charge in [0.1, 0.15) is 23.3 Å². The Morgan fingerprint density at radius 3 is 3.00 bits per heavy atom.